The van der Waals surface area contributed by atoms with Gasteiger partial charge in [0.2, 0.25) is 0 Å². The second-order valence-corrected chi connectivity index (χ2v) is 5.48. The maximum absolute atomic E-state index is 12.7. The Morgan fingerprint density at radius 1 is 1.30 bits per heavy atom. The largest absolute Gasteiger partial charge is 0.339 e. The first-order chi connectivity index (χ1) is 11.1. The van der Waals surface area contributed by atoms with E-state index >= 15 is 0 Å². The van der Waals surface area contributed by atoms with Gasteiger partial charge in [-0.05, 0) is 26.0 Å². The second kappa shape index (κ2) is 7.80. The molecule has 0 atom stereocenters. The lowest BCUT2D eigenvalue weighted by molar-refractivity contribution is 0.0773. The number of aryl methyl sites for hydroxylation is 1. The van der Waals surface area contributed by atoms with Gasteiger partial charge >= 0.3 is 0 Å². The number of amides is 1. The van der Waals surface area contributed by atoms with Crippen LogP contribution in [0, 0.1) is 11.3 Å². The van der Waals surface area contributed by atoms with Gasteiger partial charge < -0.3 is 4.90 Å². The predicted molar refractivity (Wildman–Crippen MR) is 90.2 cm³/mol. The molecule has 0 saturated heterocycles. The Labute approximate surface area is 141 Å². The van der Waals surface area contributed by atoms with Crippen LogP contribution < -0.4 is 0 Å². The molecule has 1 amide bonds. The third kappa shape index (κ3) is 3.91. The fourth-order valence-corrected chi connectivity index (χ4v) is 2.49. The number of hydrogen-bond donors (Lipinski definition) is 0. The van der Waals surface area contributed by atoms with Crippen molar-refractivity contribution in [1.29, 1.82) is 5.26 Å². The first kappa shape index (κ1) is 17.0. The van der Waals surface area contributed by atoms with Crippen LogP contribution in [0.1, 0.15) is 30.6 Å². The summed E-state index contributed by atoms with van der Waals surface area (Å²) in [5.41, 5.74) is 2.01. The lowest BCUT2D eigenvalue weighted by Crippen LogP contribution is -2.30. The molecule has 2 rings (SSSR count). The number of halogens is 1. The number of hydrogen-bond acceptors (Lipinski definition) is 3. The standard InChI is InChI=1S/C17H19ClN4O/c1-3-21(4-2)17(23)15-12-22(11-5-10-19)20-16(15)13-6-8-14(18)9-7-13/h6-9,12H,3-5,11H2,1-2H3. The zero-order chi connectivity index (χ0) is 16.8. The minimum Gasteiger partial charge on any atom is -0.339 e. The predicted octanol–water partition coefficient (Wildman–Crippen LogP) is 3.60. The van der Waals surface area contributed by atoms with Crippen molar-refractivity contribution in [2.75, 3.05) is 13.1 Å². The molecule has 0 bridgehead atoms. The van der Waals surface area contributed by atoms with Crippen LogP contribution in [-0.4, -0.2) is 33.7 Å². The lowest BCUT2D eigenvalue weighted by atomic mass is 10.1. The molecule has 0 aliphatic heterocycles. The van der Waals surface area contributed by atoms with E-state index in [9.17, 15) is 4.79 Å². The Morgan fingerprint density at radius 2 is 1.96 bits per heavy atom. The smallest absolute Gasteiger partial charge is 0.257 e. The number of benzene rings is 1. The molecule has 5 nitrogen and oxygen atoms in total. The third-order valence-electron chi connectivity index (χ3n) is 3.61. The maximum Gasteiger partial charge on any atom is 0.257 e. The minimum absolute atomic E-state index is 0.0526. The highest BCUT2D eigenvalue weighted by atomic mass is 35.5. The summed E-state index contributed by atoms with van der Waals surface area (Å²) in [4.78, 5) is 14.5. The topological polar surface area (TPSA) is 61.9 Å². The molecule has 120 valence electrons. The monoisotopic (exact) mass is 330 g/mol. The van der Waals surface area contributed by atoms with Gasteiger partial charge in [-0.3, -0.25) is 9.48 Å². The Bertz CT molecular complexity index is 711. The molecule has 2 aromatic rings. The maximum atomic E-state index is 12.7. The summed E-state index contributed by atoms with van der Waals surface area (Å²) >= 11 is 5.93. The van der Waals surface area contributed by atoms with E-state index in [-0.39, 0.29) is 5.91 Å². The van der Waals surface area contributed by atoms with Gasteiger partial charge in [-0.2, -0.15) is 10.4 Å². The summed E-state index contributed by atoms with van der Waals surface area (Å²) in [5, 5.41) is 13.9. The van der Waals surface area contributed by atoms with Crippen LogP contribution in [-0.2, 0) is 6.54 Å². The van der Waals surface area contributed by atoms with E-state index in [0.29, 0.717) is 42.3 Å². The summed E-state index contributed by atoms with van der Waals surface area (Å²) < 4.78 is 1.66. The molecule has 0 radical (unpaired) electrons. The molecule has 0 saturated carbocycles. The Kier molecular flexibility index (Phi) is 5.78. The average Bonchev–Trinajstić information content (AvgIpc) is 2.98. The number of carbonyl (C=O) groups is 1. The summed E-state index contributed by atoms with van der Waals surface area (Å²) in [7, 11) is 0. The SMILES string of the molecule is CCN(CC)C(=O)c1cn(CCC#N)nc1-c1ccc(Cl)cc1. The van der Waals surface area contributed by atoms with Crippen molar-refractivity contribution in [3.8, 4) is 17.3 Å². The Balaban J connectivity index is 2.46. The van der Waals surface area contributed by atoms with Crippen LogP contribution in [0.25, 0.3) is 11.3 Å². The van der Waals surface area contributed by atoms with E-state index in [0.717, 1.165) is 5.56 Å². The van der Waals surface area contributed by atoms with E-state index < -0.39 is 0 Å². The van der Waals surface area contributed by atoms with E-state index in [1.165, 1.54) is 0 Å². The van der Waals surface area contributed by atoms with Crippen molar-refractivity contribution >= 4 is 17.5 Å². The summed E-state index contributed by atoms with van der Waals surface area (Å²) in [6, 6.07) is 9.33. The number of aromatic nitrogens is 2. The van der Waals surface area contributed by atoms with Crippen LogP contribution in [0.2, 0.25) is 5.02 Å². The molecule has 1 heterocycles. The molecule has 0 aliphatic carbocycles. The van der Waals surface area contributed by atoms with E-state index in [1.807, 2.05) is 26.0 Å². The molecule has 0 aliphatic rings. The van der Waals surface area contributed by atoms with Crippen LogP contribution in [0.4, 0.5) is 0 Å². The van der Waals surface area contributed by atoms with Gasteiger partial charge in [-0.15, -0.1) is 0 Å². The molecular weight excluding hydrogens is 312 g/mol. The first-order valence-electron chi connectivity index (χ1n) is 7.60. The highest BCUT2D eigenvalue weighted by Gasteiger charge is 2.21. The summed E-state index contributed by atoms with van der Waals surface area (Å²) in [6.45, 7) is 5.63. The van der Waals surface area contributed by atoms with Gasteiger partial charge in [-0.1, -0.05) is 23.7 Å². The van der Waals surface area contributed by atoms with Gasteiger partial charge in [0.15, 0.2) is 0 Å². The number of carbonyl (C=O) groups excluding carboxylic acids is 1. The molecule has 0 spiro atoms. The molecule has 0 fully saturated rings. The zero-order valence-electron chi connectivity index (χ0n) is 13.3. The molecule has 23 heavy (non-hydrogen) atoms. The van der Waals surface area contributed by atoms with E-state index in [1.54, 1.807) is 27.9 Å². The highest BCUT2D eigenvalue weighted by Crippen LogP contribution is 2.25. The molecule has 0 unspecified atom stereocenters. The minimum atomic E-state index is -0.0526. The molecule has 6 heteroatoms. The fourth-order valence-electron chi connectivity index (χ4n) is 2.36. The number of rotatable bonds is 6. The van der Waals surface area contributed by atoms with Crippen LogP contribution in [0.5, 0.6) is 0 Å². The van der Waals surface area contributed by atoms with Crippen molar-refractivity contribution in [3.63, 3.8) is 0 Å². The van der Waals surface area contributed by atoms with Crippen LogP contribution >= 0.6 is 11.6 Å². The molecule has 0 N–H and O–H groups in total. The van der Waals surface area contributed by atoms with E-state index in [4.69, 9.17) is 16.9 Å². The van der Waals surface area contributed by atoms with Crippen molar-refractivity contribution < 1.29 is 4.79 Å². The highest BCUT2D eigenvalue weighted by molar-refractivity contribution is 6.30. The summed E-state index contributed by atoms with van der Waals surface area (Å²) in [5.74, 6) is -0.0526. The first-order valence-corrected chi connectivity index (χ1v) is 7.98. The molecule has 1 aromatic carbocycles. The Morgan fingerprint density at radius 3 is 2.52 bits per heavy atom. The van der Waals surface area contributed by atoms with Crippen molar-refractivity contribution in [2.24, 2.45) is 0 Å². The lowest BCUT2D eigenvalue weighted by Gasteiger charge is -2.18. The van der Waals surface area contributed by atoms with Gasteiger partial charge in [-0.25, -0.2) is 0 Å². The normalized spacial score (nSPS) is 10.3. The van der Waals surface area contributed by atoms with Gasteiger partial charge in [0.1, 0.15) is 5.69 Å². The second-order valence-electron chi connectivity index (χ2n) is 5.05. The molecule has 1 aromatic heterocycles. The molecular formula is C17H19ClN4O. The van der Waals surface area contributed by atoms with Gasteiger partial charge in [0, 0.05) is 29.9 Å². The quantitative estimate of drug-likeness (QED) is 0.813. The number of nitriles is 1. The van der Waals surface area contributed by atoms with Crippen molar-refractivity contribution in [2.45, 2.75) is 26.8 Å². The van der Waals surface area contributed by atoms with Gasteiger partial charge in [0.25, 0.3) is 5.91 Å². The van der Waals surface area contributed by atoms with E-state index in [2.05, 4.69) is 11.2 Å². The number of nitrogens with zero attached hydrogens (tertiary/aromatic N) is 4. The average molecular weight is 331 g/mol. The van der Waals surface area contributed by atoms with Crippen molar-refractivity contribution in [3.05, 3.63) is 41.0 Å². The third-order valence-corrected chi connectivity index (χ3v) is 3.87. The van der Waals surface area contributed by atoms with Crippen LogP contribution in [0.15, 0.2) is 30.5 Å². The zero-order valence-corrected chi connectivity index (χ0v) is 14.0. The summed E-state index contributed by atoms with van der Waals surface area (Å²) in [6.07, 6.45) is 2.07. The van der Waals surface area contributed by atoms with Crippen molar-refractivity contribution in [1.82, 2.24) is 14.7 Å². The fraction of sp³-hybridized carbons (Fsp3) is 0.353. The van der Waals surface area contributed by atoms with Crippen LogP contribution in [0.3, 0.4) is 0 Å². The Hall–Kier alpha value is -2.32. The van der Waals surface area contributed by atoms with Gasteiger partial charge in [0.05, 0.1) is 24.6 Å².